The lowest BCUT2D eigenvalue weighted by Gasteiger charge is -2.09. The van der Waals surface area contributed by atoms with Crippen molar-refractivity contribution < 1.29 is 4.79 Å². The van der Waals surface area contributed by atoms with Crippen LogP contribution in [-0.2, 0) is 11.2 Å². The zero-order valence-corrected chi connectivity index (χ0v) is 16.1. The maximum Gasteiger partial charge on any atom is 0.220 e. The standard InChI is InChI=1S/C17H23N3OS.2ClH/c21-16(19-11-9-13-8-10-18-12-13)6-3-7-17-20-14-4-1-2-5-15(14)22-17;;/h1-2,4-5,13,18H,3,6-12H2,(H,19,21);2*1H. The Morgan fingerprint density at radius 3 is 2.92 bits per heavy atom. The molecule has 1 atom stereocenters. The second kappa shape index (κ2) is 10.9. The van der Waals surface area contributed by atoms with Gasteiger partial charge in [-0.2, -0.15) is 0 Å². The van der Waals surface area contributed by atoms with E-state index in [0.29, 0.717) is 6.42 Å². The van der Waals surface area contributed by atoms with Crippen molar-refractivity contribution in [3.05, 3.63) is 29.3 Å². The van der Waals surface area contributed by atoms with Crippen LogP contribution in [0.2, 0.25) is 0 Å². The molecule has 1 unspecified atom stereocenters. The van der Waals surface area contributed by atoms with Crippen molar-refractivity contribution in [1.82, 2.24) is 15.6 Å². The van der Waals surface area contributed by atoms with E-state index in [0.717, 1.165) is 55.3 Å². The number of aromatic nitrogens is 1. The molecule has 0 aliphatic carbocycles. The zero-order chi connectivity index (χ0) is 15.2. The minimum Gasteiger partial charge on any atom is -0.356 e. The Kier molecular flexibility index (Phi) is 9.59. The van der Waals surface area contributed by atoms with Gasteiger partial charge >= 0.3 is 0 Å². The van der Waals surface area contributed by atoms with Crippen molar-refractivity contribution in [1.29, 1.82) is 0 Å². The minimum absolute atomic E-state index is 0. The molecule has 1 aromatic heterocycles. The van der Waals surface area contributed by atoms with Crippen LogP contribution in [0.4, 0.5) is 0 Å². The number of thiazole rings is 1. The number of hydrogen-bond donors (Lipinski definition) is 2. The van der Waals surface area contributed by atoms with Crippen LogP contribution in [0.3, 0.4) is 0 Å². The number of amides is 1. The van der Waals surface area contributed by atoms with Gasteiger partial charge in [0, 0.05) is 13.0 Å². The number of para-hydroxylation sites is 1. The fraction of sp³-hybridized carbons (Fsp3) is 0.529. The summed E-state index contributed by atoms with van der Waals surface area (Å²) in [6.07, 6.45) is 4.69. The Morgan fingerprint density at radius 1 is 1.33 bits per heavy atom. The Hall–Kier alpha value is -0.880. The smallest absolute Gasteiger partial charge is 0.220 e. The van der Waals surface area contributed by atoms with E-state index in [-0.39, 0.29) is 30.7 Å². The fourth-order valence-electron chi connectivity index (χ4n) is 2.89. The summed E-state index contributed by atoms with van der Waals surface area (Å²) in [6.45, 7) is 3.04. The third-order valence-electron chi connectivity index (χ3n) is 4.17. The van der Waals surface area contributed by atoms with Crippen molar-refractivity contribution in [3.8, 4) is 0 Å². The summed E-state index contributed by atoms with van der Waals surface area (Å²) in [5.74, 6) is 0.912. The molecule has 7 heteroatoms. The van der Waals surface area contributed by atoms with Crippen LogP contribution in [0, 0.1) is 5.92 Å². The molecule has 2 heterocycles. The summed E-state index contributed by atoms with van der Waals surface area (Å²) >= 11 is 1.73. The summed E-state index contributed by atoms with van der Waals surface area (Å²) in [5, 5.41) is 7.52. The highest BCUT2D eigenvalue weighted by molar-refractivity contribution is 7.18. The first-order valence-electron chi connectivity index (χ1n) is 8.13. The van der Waals surface area contributed by atoms with Crippen molar-refractivity contribution in [3.63, 3.8) is 0 Å². The van der Waals surface area contributed by atoms with Gasteiger partial charge in [0.25, 0.3) is 0 Å². The molecule has 3 rings (SSSR count). The Bertz CT molecular complexity index is 596. The number of carbonyl (C=O) groups is 1. The predicted octanol–water partition coefficient (Wildman–Crippen LogP) is 3.58. The van der Waals surface area contributed by atoms with Gasteiger partial charge in [0.05, 0.1) is 15.2 Å². The summed E-state index contributed by atoms with van der Waals surface area (Å²) in [5.41, 5.74) is 1.07. The number of hydrogen-bond acceptors (Lipinski definition) is 4. The molecule has 0 radical (unpaired) electrons. The first-order valence-corrected chi connectivity index (χ1v) is 8.95. The van der Waals surface area contributed by atoms with E-state index in [4.69, 9.17) is 0 Å². The molecule has 0 saturated carbocycles. The number of carbonyl (C=O) groups excluding carboxylic acids is 1. The van der Waals surface area contributed by atoms with Crippen molar-refractivity contribution >= 4 is 52.3 Å². The van der Waals surface area contributed by atoms with E-state index in [1.54, 1.807) is 11.3 Å². The molecule has 4 nitrogen and oxygen atoms in total. The highest BCUT2D eigenvalue weighted by Crippen LogP contribution is 2.22. The summed E-state index contributed by atoms with van der Waals surface area (Å²) in [4.78, 5) is 16.4. The van der Waals surface area contributed by atoms with Gasteiger partial charge in [0.2, 0.25) is 5.91 Å². The predicted molar refractivity (Wildman–Crippen MR) is 106 cm³/mol. The number of fused-ring (bicyclic) bond motifs is 1. The third-order valence-corrected chi connectivity index (χ3v) is 5.27. The highest BCUT2D eigenvalue weighted by atomic mass is 35.5. The lowest BCUT2D eigenvalue weighted by Crippen LogP contribution is -2.26. The number of benzene rings is 1. The maximum atomic E-state index is 11.8. The normalized spacial score (nSPS) is 16.4. The number of aryl methyl sites for hydroxylation is 1. The third kappa shape index (κ3) is 6.20. The average Bonchev–Trinajstić information content (AvgIpc) is 3.15. The molecule has 1 aromatic carbocycles. The number of halogens is 2. The van der Waals surface area contributed by atoms with Crippen molar-refractivity contribution in [2.24, 2.45) is 5.92 Å². The largest absolute Gasteiger partial charge is 0.356 e. The van der Waals surface area contributed by atoms with E-state index in [1.165, 1.54) is 11.1 Å². The second-order valence-corrected chi connectivity index (χ2v) is 7.04. The molecule has 1 amide bonds. The van der Waals surface area contributed by atoms with Gasteiger partial charge in [-0.05, 0) is 56.8 Å². The van der Waals surface area contributed by atoms with E-state index in [9.17, 15) is 4.79 Å². The Labute approximate surface area is 159 Å². The molecule has 1 aliphatic heterocycles. The van der Waals surface area contributed by atoms with E-state index < -0.39 is 0 Å². The average molecular weight is 390 g/mol. The molecule has 0 spiro atoms. The number of nitrogens with one attached hydrogen (secondary N) is 2. The number of nitrogens with zero attached hydrogens (tertiary/aromatic N) is 1. The fourth-order valence-corrected chi connectivity index (χ4v) is 3.90. The molecular formula is C17H25Cl2N3OS. The summed E-state index contributed by atoms with van der Waals surface area (Å²) in [6, 6.07) is 8.19. The lowest BCUT2D eigenvalue weighted by atomic mass is 10.1. The van der Waals surface area contributed by atoms with Crippen LogP contribution in [0.25, 0.3) is 10.2 Å². The monoisotopic (exact) mass is 389 g/mol. The topological polar surface area (TPSA) is 54.0 Å². The van der Waals surface area contributed by atoms with Crippen LogP contribution < -0.4 is 10.6 Å². The zero-order valence-electron chi connectivity index (χ0n) is 13.6. The summed E-state index contributed by atoms with van der Waals surface area (Å²) in [7, 11) is 0. The SMILES string of the molecule is Cl.Cl.O=C(CCCc1nc2ccccc2s1)NCCC1CCNC1. The van der Waals surface area contributed by atoms with Crippen molar-refractivity contribution in [2.75, 3.05) is 19.6 Å². The molecule has 24 heavy (non-hydrogen) atoms. The van der Waals surface area contributed by atoms with Gasteiger partial charge < -0.3 is 10.6 Å². The van der Waals surface area contributed by atoms with Crippen LogP contribution >= 0.6 is 36.2 Å². The van der Waals surface area contributed by atoms with E-state index in [2.05, 4.69) is 21.7 Å². The summed E-state index contributed by atoms with van der Waals surface area (Å²) < 4.78 is 1.23. The Balaban J connectivity index is 0.00000144. The van der Waals surface area contributed by atoms with Gasteiger partial charge in [-0.25, -0.2) is 4.98 Å². The minimum atomic E-state index is 0. The molecule has 2 N–H and O–H groups in total. The van der Waals surface area contributed by atoms with E-state index in [1.807, 2.05) is 18.2 Å². The molecule has 1 saturated heterocycles. The first-order chi connectivity index (χ1) is 10.8. The molecule has 1 aliphatic rings. The van der Waals surface area contributed by atoms with Gasteiger partial charge in [0.15, 0.2) is 0 Å². The first kappa shape index (κ1) is 21.2. The molecular weight excluding hydrogens is 365 g/mol. The molecule has 134 valence electrons. The van der Waals surface area contributed by atoms with Crippen LogP contribution in [0.5, 0.6) is 0 Å². The van der Waals surface area contributed by atoms with E-state index >= 15 is 0 Å². The van der Waals surface area contributed by atoms with Crippen molar-refractivity contribution in [2.45, 2.75) is 32.1 Å². The van der Waals surface area contributed by atoms with Crippen LogP contribution in [0.15, 0.2) is 24.3 Å². The van der Waals surface area contributed by atoms with Crippen LogP contribution in [0.1, 0.15) is 30.7 Å². The maximum absolute atomic E-state index is 11.8. The van der Waals surface area contributed by atoms with Gasteiger partial charge in [0.1, 0.15) is 0 Å². The molecule has 2 aromatic rings. The highest BCUT2D eigenvalue weighted by Gasteiger charge is 2.14. The number of rotatable bonds is 7. The lowest BCUT2D eigenvalue weighted by molar-refractivity contribution is -0.121. The quantitative estimate of drug-likeness (QED) is 0.760. The van der Waals surface area contributed by atoms with Gasteiger partial charge in [-0.15, -0.1) is 36.2 Å². The Morgan fingerprint density at radius 2 is 2.17 bits per heavy atom. The van der Waals surface area contributed by atoms with Gasteiger partial charge in [-0.3, -0.25) is 4.79 Å². The molecule has 0 bridgehead atoms. The van der Waals surface area contributed by atoms with Gasteiger partial charge in [-0.1, -0.05) is 12.1 Å². The molecule has 1 fully saturated rings. The second-order valence-electron chi connectivity index (χ2n) is 5.93. The van der Waals surface area contributed by atoms with Crippen LogP contribution in [-0.4, -0.2) is 30.5 Å².